The average Bonchev–Trinajstić information content (AvgIpc) is 2.78. The van der Waals surface area contributed by atoms with Crippen LogP contribution in [-0.4, -0.2) is 0 Å². The molecule has 0 spiro atoms. The quantitative estimate of drug-likeness (QED) is 0.578. The zero-order valence-corrected chi connectivity index (χ0v) is 8.50. The Kier molecular flexibility index (Phi) is 1.93. The zero-order valence-electron chi connectivity index (χ0n) is 8.50. The van der Waals surface area contributed by atoms with E-state index in [-0.39, 0.29) is 0 Å². The Hall–Kier alpha value is -1.04. The SMILES string of the molecule is c1ccc(C2CC3=C(CCC3)C2)cc1. The minimum atomic E-state index is 0.807. The van der Waals surface area contributed by atoms with Gasteiger partial charge in [0.2, 0.25) is 0 Å². The van der Waals surface area contributed by atoms with Gasteiger partial charge >= 0.3 is 0 Å². The molecule has 2 aliphatic carbocycles. The summed E-state index contributed by atoms with van der Waals surface area (Å²) in [6.45, 7) is 0. The molecule has 0 unspecified atom stereocenters. The first-order chi connectivity index (χ1) is 6.93. The van der Waals surface area contributed by atoms with E-state index in [1.54, 1.807) is 16.7 Å². The number of hydrogen-bond acceptors (Lipinski definition) is 0. The molecular weight excluding hydrogens is 168 g/mol. The molecule has 0 amide bonds. The summed E-state index contributed by atoms with van der Waals surface area (Å²) in [5.74, 6) is 0.807. The van der Waals surface area contributed by atoms with Crippen LogP contribution in [0.1, 0.15) is 43.6 Å². The van der Waals surface area contributed by atoms with Crippen molar-refractivity contribution in [1.29, 1.82) is 0 Å². The fourth-order valence-corrected chi connectivity index (χ4v) is 2.99. The summed E-state index contributed by atoms with van der Waals surface area (Å²) >= 11 is 0. The van der Waals surface area contributed by atoms with E-state index in [4.69, 9.17) is 0 Å². The summed E-state index contributed by atoms with van der Waals surface area (Å²) in [4.78, 5) is 0. The smallest absolute Gasteiger partial charge is 0.00873 e. The van der Waals surface area contributed by atoms with E-state index in [9.17, 15) is 0 Å². The molecule has 72 valence electrons. The van der Waals surface area contributed by atoms with Gasteiger partial charge in [-0.05, 0) is 43.6 Å². The first kappa shape index (κ1) is 8.28. The van der Waals surface area contributed by atoms with Crippen molar-refractivity contribution >= 4 is 0 Å². The summed E-state index contributed by atoms with van der Waals surface area (Å²) in [6, 6.07) is 11.0. The molecule has 0 fully saturated rings. The van der Waals surface area contributed by atoms with Crippen LogP contribution in [0.5, 0.6) is 0 Å². The van der Waals surface area contributed by atoms with Gasteiger partial charge < -0.3 is 0 Å². The highest BCUT2D eigenvalue weighted by Gasteiger charge is 2.27. The predicted octanol–water partition coefficient (Wildman–Crippen LogP) is 4.04. The van der Waals surface area contributed by atoms with Gasteiger partial charge in [0.05, 0.1) is 0 Å². The van der Waals surface area contributed by atoms with Crippen LogP contribution in [0.25, 0.3) is 0 Å². The van der Waals surface area contributed by atoms with Crippen molar-refractivity contribution in [1.82, 2.24) is 0 Å². The van der Waals surface area contributed by atoms with Gasteiger partial charge in [0, 0.05) is 0 Å². The fourth-order valence-electron chi connectivity index (χ4n) is 2.99. The predicted molar refractivity (Wildman–Crippen MR) is 59.3 cm³/mol. The van der Waals surface area contributed by atoms with Crippen LogP contribution in [-0.2, 0) is 0 Å². The Balaban J connectivity index is 1.80. The molecule has 0 atom stereocenters. The lowest BCUT2D eigenvalue weighted by Gasteiger charge is -2.11. The van der Waals surface area contributed by atoms with Crippen molar-refractivity contribution < 1.29 is 0 Å². The summed E-state index contributed by atoms with van der Waals surface area (Å²) < 4.78 is 0. The molecule has 1 aromatic rings. The third kappa shape index (κ3) is 1.30. The van der Waals surface area contributed by atoms with Gasteiger partial charge in [0.15, 0.2) is 0 Å². The molecule has 0 N–H and O–H groups in total. The lowest BCUT2D eigenvalue weighted by molar-refractivity contribution is 0.678. The Morgan fingerprint density at radius 1 is 0.857 bits per heavy atom. The van der Waals surface area contributed by atoms with Crippen LogP contribution in [0.3, 0.4) is 0 Å². The van der Waals surface area contributed by atoms with E-state index in [2.05, 4.69) is 30.3 Å². The van der Waals surface area contributed by atoms with E-state index < -0.39 is 0 Å². The van der Waals surface area contributed by atoms with Crippen LogP contribution in [0, 0.1) is 0 Å². The third-order valence-electron chi connectivity index (χ3n) is 3.71. The number of rotatable bonds is 1. The standard InChI is InChI=1S/C14H16/c1-2-5-11(6-3-1)14-9-12-7-4-8-13(12)10-14/h1-3,5-6,14H,4,7-10H2. The first-order valence-electron chi connectivity index (χ1n) is 5.68. The van der Waals surface area contributed by atoms with Crippen LogP contribution in [0.15, 0.2) is 41.5 Å². The minimum absolute atomic E-state index is 0.807. The molecule has 3 rings (SSSR count). The minimum Gasteiger partial charge on any atom is -0.0704 e. The highest BCUT2D eigenvalue weighted by atomic mass is 14.3. The van der Waals surface area contributed by atoms with Gasteiger partial charge in [-0.25, -0.2) is 0 Å². The zero-order chi connectivity index (χ0) is 9.38. The van der Waals surface area contributed by atoms with E-state index in [0.29, 0.717) is 0 Å². The molecule has 0 heterocycles. The molecule has 0 radical (unpaired) electrons. The highest BCUT2D eigenvalue weighted by molar-refractivity contribution is 5.33. The summed E-state index contributed by atoms with van der Waals surface area (Å²) in [6.07, 6.45) is 6.89. The van der Waals surface area contributed by atoms with Crippen LogP contribution in [0.2, 0.25) is 0 Å². The molecule has 0 bridgehead atoms. The largest absolute Gasteiger partial charge is 0.0704 e. The molecule has 2 aliphatic rings. The van der Waals surface area contributed by atoms with Gasteiger partial charge in [0.1, 0.15) is 0 Å². The molecule has 0 saturated heterocycles. The second kappa shape index (κ2) is 3.27. The van der Waals surface area contributed by atoms with E-state index in [0.717, 1.165) is 5.92 Å². The Morgan fingerprint density at radius 2 is 1.50 bits per heavy atom. The number of benzene rings is 1. The molecule has 14 heavy (non-hydrogen) atoms. The summed E-state index contributed by atoms with van der Waals surface area (Å²) in [5, 5.41) is 0. The molecule has 1 aromatic carbocycles. The number of hydrogen-bond donors (Lipinski definition) is 0. The lowest BCUT2D eigenvalue weighted by Crippen LogP contribution is -1.94. The topological polar surface area (TPSA) is 0 Å². The maximum absolute atomic E-state index is 2.28. The second-order valence-corrected chi connectivity index (χ2v) is 4.58. The van der Waals surface area contributed by atoms with Crippen molar-refractivity contribution in [2.45, 2.75) is 38.0 Å². The van der Waals surface area contributed by atoms with E-state index >= 15 is 0 Å². The number of allylic oxidation sites excluding steroid dienone is 2. The Bertz CT molecular complexity index is 343. The van der Waals surface area contributed by atoms with Gasteiger partial charge in [-0.15, -0.1) is 0 Å². The average molecular weight is 184 g/mol. The van der Waals surface area contributed by atoms with Gasteiger partial charge in [-0.3, -0.25) is 0 Å². The van der Waals surface area contributed by atoms with Gasteiger partial charge in [-0.1, -0.05) is 41.5 Å². The Labute approximate surface area is 85.6 Å². The lowest BCUT2D eigenvalue weighted by atomic mass is 9.93. The van der Waals surface area contributed by atoms with Crippen molar-refractivity contribution in [3.8, 4) is 0 Å². The normalized spacial score (nSPS) is 21.7. The molecule has 0 aromatic heterocycles. The maximum atomic E-state index is 2.28. The van der Waals surface area contributed by atoms with Crippen molar-refractivity contribution in [2.75, 3.05) is 0 Å². The van der Waals surface area contributed by atoms with Crippen LogP contribution in [0.4, 0.5) is 0 Å². The van der Waals surface area contributed by atoms with Gasteiger partial charge in [-0.2, -0.15) is 0 Å². The van der Waals surface area contributed by atoms with Gasteiger partial charge in [0.25, 0.3) is 0 Å². The van der Waals surface area contributed by atoms with Crippen molar-refractivity contribution in [3.63, 3.8) is 0 Å². The first-order valence-corrected chi connectivity index (χ1v) is 5.68. The monoisotopic (exact) mass is 184 g/mol. The molecular formula is C14H16. The molecule has 0 nitrogen and oxygen atoms in total. The maximum Gasteiger partial charge on any atom is -0.00873 e. The van der Waals surface area contributed by atoms with Crippen LogP contribution < -0.4 is 0 Å². The highest BCUT2D eigenvalue weighted by Crippen LogP contribution is 2.45. The van der Waals surface area contributed by atoms with Crippen molar-refractivity contribution in [3.05, 3.63) is 47.0 Å². The van der Waals surface area contributed by atoms with E-state index in [1.165, 1.54) is 32.1 Å². The molecule has 0 saturated carbocycles. The third-order valence-corrected chi connectivity index (χ3v) is 3.71. The molecule has 0 heteroatoms. The second-order valence-electron chi connectivity index (χ2n) is 4.58. The van der Waals surface area contributed by atoms with Crippen LogP contribution >= 0.6 is 0 Å². The fraction of sp³-hybridized carbons (Fsp3) is 0.429. The van der Waals surface area contributed by atoms with E-state index in [1.807, 2.05) is 0 Å². The summed E-state index contributed by atoms with van der Waals surface area (Å²) in [7, 11) is 0. The Morgan fingerprint density at radius 3 is 2.14 bits per heavy atom. The summed E-state index contributed by atoms with van der Waals surface area (Å²) in [5.41, 5.74) is 5.12. The molecule has 0 aliphatic heterocycles. The van der Waals surface area contributed by atoms with Crippen molar-refractivity contribution in [2.24, 2.45) is 0 Å².